The van der Waals surface area contributed by atoms with Gasteiger partial charge >= 0.3 is 5.97 Å². The van der Waals surface area contributed by atoms with E-state index in [2.05, 4.69) is 46.0 Å². The number of ketones is 2. The molecule has 8 heteroatoms. The topological polar surface area (TPSA) is 134 Å². The predicted molar refractivity (Wildman–Crippen MR) is 160 cm³/mol. The summed E-state index contributed by atoms with van der Waals surface area (Å²) in [5.41, 5.74) is -1.90. The summed E-state index contributed by atoms with van der Waals surface area (Å²) in [7, 11) is 1.23. The number of amides is 1. The molecule has 0 spiro atoms. The van der Waals surface area contributed by atoms with Crippen LogP contribution in [0.4, 0.5) is 0 Å². The molecular formula is C35H48N2O6. The summed E-state index contributed by atoms with van der Waals surface area (Å²) in [6.07, 6.45) is 8.64. The Morgan fingerprint density at radius 3 is 2.33 bits per heavy atom. The largest absolute Gasteiger partial charge is 0.467 e. The Labute approximate surface area is 255 Å². The van der Waals surface area contributed by atoms with Crippen LogP contribution in [-0.4, -0.2) is 48.3 Å². The van der Waals surface area contributed by atoms with Gasteiger partial charge in [-0.05, 0) is 79.1 Å². The lowest BCUT2D eigenvalue weighted by Crippen LogP contribution is -2.67. The van der Waals surface area contributed by atoms with E-state index in [-0.39, 0.29) is 45.7 Å². The standard InChI is InChI=1S/C35H48N2O6/c1-30(2)11-13-35(29(42)37-22(19-38)28(41)43-8)14-12-34(7)26(21(35)17-30)23(39)15-25-32(5)16-20(18-36)27(40)31(3,4)24(32)9-10-33(25,34)6/h15-16,21-22,24,26,38H,9-14,17,19H2,1-8H3,(H,37,42)/t21-,22-,24-,26-,32-,33+,34+,35-/m0/s1. The number of aliphatic hydroxyl groups excluding tert-OH is 1. The van der Waals surface area contributed by atoms with Crippen LogP contribution < -0.4 is 5.32 Å². The molecule has 43 heavy (non-hydrogen) atoms. The minimum absolute atomic E-state index is 0.0183. The SMILES string of the molecule is COC(=O)[C@H](CO)NC(=O)[C@]12CCC(C)(C)C[C@H]1[C@H]1C(=O)C=C3[C@@]4(C)C=C(C#N)C(=O)C(C)(C)[C@@H]4CC[C@@]3(C)[C@]1(C)CC2. The number of Topliss-reactive ketones (excluding diaryl/α,β-unsaturated/α-hetero) is 1. The molecule has 5 aliphatic carbocycles. The fourth-order valence-electron chi connectivity index (χ4n) is 10.7. The van der Waals surface area contributed by atoms with Crippen LogP contribution in [0.1, 0.15) is 93.4 Å². The number of rotatable bonds is 4. The van der Waals surface area contributed by atoms with Gasteiger partial charge < -0.3 is 15.2 Å². The first kappa shape index (κ1) is 31.6. The third-order valence-corrected chi connectivity index (χ3v) is 13.3. The van der Waals surface area contributed by atoms with Gasteiger partial charge in [0.05, 0.1) is 24.7 Å². The van der Waals surface area contributed by atoms with Gasteiger partial charge in [0, 0.05) is 16.7 Å². The van der Waals surface area contributed by atoms with Crippen LogP contribution in [-0.2, 0) is 23.9 Å². The Hall–Kier alpha value is -2.79. The highest BCUT2D eigenvalue weighted by Crippen LogP contribution is 2.74. The van der Waals surface area contributed by atoms with Crippen molar-refractivity contribution >= 4 is 23.4 Å². The predicted octanol–water partition coefficient (Wildman–Crippen LogP) is 4.86. The minimum atomic E-state index is -1.16. The van der Waals surface area contributed by atoms with Crippen molar-refractivity contribution in [3.8, 4) is 6.07 Å². The molecular weight excluding hydrogens is 544 g/mol. The number of aliphatic hydroxyl groups is 1. The Bertz CT molecular complexity index is 1380. The van der Waals surface area contributed by atoms with E-state index in [4.69, 9.17) is 4.74 Å². The van der Waals surface area contributed by atoms with E-state index in [1.54, 1.807) is 0 Å². The quantitative estimate of drug-likeness (QED) is 0.446. The molecule has 2 N–H and O–H groups in total. The van der Waals surface area contributed by atoms with Crippen LogP contribution >= 0.6 is 0 Å². The number of carbonyl (C=O) groups excluding carboxylic acids is 4. The molecule has 0 saturated heterocycles. The van der Waals surface area contributed by atoms with E-state index in [9.17, 15) is 29.5 Å². The molecule has 1 amide bonds. The average Bonchev–Trinajstić information content (AvgIpc) is 2.94. The van der Waals surface area contributed by atoms with E-state index >= 15 is 0 Å². The third-order valence-electron chi connectivity index (χ3n) is 13.3. The first-order valence-corrected chi connectivity index (χ1v) is 15.8. The highest BCUT2D eigenvalue weighted by molar-refractivity contribution is 6.04. The molecule has 234 valence electrons. The van der Waals surface area contributed by atoms with Gasteiger partial charge in [-0.25, -0.2) is 4.79 Å². The van der Waals surface area contributed by atoms with Crippen LogP contribution in [0.5, 0.6) is 0 Å². The molecule has 0 aromatic rings. The molecule has 0 aromatic carbocycles. The van der Waals surface area contributed by atoms with Crippen molar-refractivity contribution < 1.29 is 29.0 Å². The maximum Gasteiger partial charge on any atom is 0.330 e. The number of methoxy groups -OCH3 is 1. The Kier molecular flexibility index (Phi) is 7.25. The van der Waals surface area contributed by atoms with Crippen molar-refractivity contribution in [1.82, 2.24) is 5.32 Å². The van der Waals surface area contributed by atoms with Crippen LogP contribution in [0.25, 0.3) is 0 Å². The number of nitriles is 1. The van der Waals surface area contributed by atoms with Crippen molar-refractivity contribution in [3.63, 3.8) is 0 Å². The van der Waals surface area contributed by atoms with Crippen molar-refractivity contribution in [3.05, 3.63) is 23.3 Å². The highest BCUT2D eigenvalue weighted by Gasteiger charge is 2.70. The summed E-state index contributed by atoms with van der Waals surface area (Å²) >= 11 is 0. The van der Waals surface area contributed by atoms with E-state index in [1.165, 1.54) is 7.11 Å². The van der Waals surface area contributed by atoms with Gasteiger partial charge in [0.15, 0.2) is 17.6 Å². The Balaban J connectivity index is 1.64. The average molecular weight is 593 g/mol. The summed E-state index contributed by atoms with van der Waals surface area (Å²) in [5.74, 6) is -1.76. The zero-order chi connectivity index (χ0) is 32.0. The molecule has 8 atom stereocenters. The number of nitrogens with zero attached hydrogens (tertiary/aromatic N) is 1. The summed E-state index contributed by atoms with van der Waals surface area (Å²) in [6.45, 7) is 14.3. The maximum absolute atomic E-state index is 14.6. The van der Waals surface area contributed by atoms with Gasteiger partial charge in [0.1, 0.15) is 6.07 Å². The van der Waals surface area contributed by atoms with Gasteiger partial charge in [0.2, 0.25) is 5.91 Å². The fraction of sp³-hybridized carbons (Fsp3) is 0.743. The summed E-state index contributed by atoms with van der Waals surface area (Å²) in [6, 6.07) is 0.996. The Morgan fingerprint density at radius 2 is 1.72 bits per heavy atom. The normalized spacial score (nSPS) is 41.5. The molecule has 0 radical (unpaired) electrons. The van der Waals surface area contributed by atoms with Crippen molar-refractivity contribution in [1.29, 1.82) is 5.26 Å². The zero-order valence-electron chi connectivity index (χ0n) is 27.1. The number of carbonyl (C=O) groups is 4. The van der Waals surface area contributed by atoms with Gasteiger partial charge in [-0.15, -0.1) is 0 Å². The molecule has 3 fully saturated rings. The van der Waals surface area contributed by atoms with Gasteiger partial charge in [-0.3, -0.25) is 14.4 Å². The second kappa shape index (κ2) is 9.86. The lowest BCUT2D eigenvalue weighted by molar-refractivity contribution is -0.179. The molecule has 5 aliphatic rings. The second-order valence-corrected chi connectivity index (χ2v) is 16.1. The Morgan fingerprint density at radius 1 is 1.07 bits per heavy atom. The maximum atomic E-state index is 14.6. The smallest absolute Gasteiger partial charge is 0.330 e. The van der Waals surface area contributed by atoms with E-state index in [1.807, 2.05) is 26.0 Å². The van der Waals surface area contributed by atoms with Gasteiger partial charge in [0.25, 0.3) is 0 Å². The number of hydrogen-bond acceptors (Lipinski definition) is 7. The minimum Gasteiger partial charge on any atom is -0.467 e. The molecule has 8 nitrogen and oxygen atoms in total. The molecule has 0 bridgehead atoms. The first-order chi connectivity index (χ1) is 19.9. The third kappa shape index (κ3) is 4.16. The number of nitrogens with one attached hydrogen (secondary N) is 1. The molecule has 3 saturated carbocycles. The second-order valence-electron chi connectivity index (χ2n) is 16.1. The number of allylic oxidation sites excluding steroid dienone is 4. The monoisotopic (exact) mass is 592 g/mol. The van der Waals surface area contributed by atoms with Crippen LogP contribution in [0.2, 0.25) is 0 Å². The van der Waals surface area contributed by atoms with Crippen LogP contribution in [0.15, 0.2) is 23.3 Å². The molecule has 0 aliphatic heterocycles. The van der Waals surface area contributed by atoms with Crippen molar-refractivity contribution in [2.24, 2.45) is 50.2 Å². The van der Waals surface area contributed by atoms with Gasteiger partial charge in [-0.2, -0.15) is 5.26 Å². The van der Waals surface area contributed by atoms with E-state index < -0.39 is 46.2 Å². The summed E-state index contributed by atoms with van der Waals surface area (Å²) < 4.78 is 4.82. The lowest BCUT2D eigenvalue weighted by atomic mass is 9.34. The highest BCUT2D eigenvalue weighted by atomic mass is 16.5. The number of hydrogen-bond donors (Lipinski definition) is 2. The molecule has 0 heterocycles. The summed E-state index contributed by atoms with van der Waals surface area (Å²) in [5, 5.41) is 22.6. The number of ether oxygens (including phenoxy) is 1. The fourth-order valence-corrected chi connectivity index (χ4v) is 10.7. The van der Waals surface area contributed by atoms with E-state index in [0.717, 1.165) is 24.8 Å². The summed E-state index contributed by atoms with van der Waals surface area (Å²) in [4.78, 5) is 54.4. The first-order valence-electron chi connectivity index (χ1n) is 15.8. The lowest BCUT2D eigenvalue weighted by Gasteiger charge is -2.69. The molecule has 0 aromatic heterocycles. The van der Waals surface area contributed by atoms with Crippen molar-refractivity contribution in [2.75, 3.05) is 13.7 Å². The van der Waals surface area contributed by atoms with Crippen LogP contribution in [0.3, 0.4) is 0 Å². The number of esters is 1. The molecule has 5 rings (SSSR count). The van der Waals surface area contributed by atoms with Gasteiger partial charge in [-0.1, -0.05) is 60.1 Å². The van der Waals surface area contributed by atoms with Crippen molar-refractivity contribution in [2.45, 2.75) is 99.5 Å². The molecule has 0 unspecified atom stereocenters. The zero-order valence-corrected chi connectivity index (χ0v) is 27.1. The van der Waals surface area contributed by atoms with E-state index in [0.29, 0.717) is 25.7 Å². The van der Waals surface area contributed by atoms with Crippen LogP contribution in [0, 0.1) is 61.6 Å². The number of fused-ring (bicyclic) bond motifs is 7.